The van der Waals surface area contributed by atoms with E-state index in [0.29, 0.717) is 13.0 Å². The van der Waals surface area contributed by atoms with Crippen LogP contribution in [0, 0.1) is 0 Å². The molecule has 2 aromatic rings. The average molecular weight is 454 g/mol. The highest BCUT2D eigenvalue weighted by Gasteiger charge is 2.35. The molecule has 0 spiro atoms. The summed E-state index contributed by atoms with van der Waals surface area (Å²) in [7, 11) is 1.62. The van der Waals surface area contributed by atoms with Gasteiger partial charge in [0.1, 0.15) is 5.75 Å². The van der Waals surface area contributed by atoms with Crippen LogP contribution in [-0.2, 0) is 16.1 Å². The van der Waals surface area contributed by atoms with E-state index >= 15 is 0 Å². The quantitative estimate of drug-likeness (QED) is 0.640. The topological polar surface area (TPSA) is 74.3 Å². The zero-order valence-corrected chi connectivity index (χ0v) is 19.4. The first kappa shape index (κ1) is 23.5. The zero-order valence-electron chi connectivity index (χ0n) is 19.4. The van der Waals surface area contributed by atoms with Gasteiger partial charge in [0.25, 0.3) is 5.91 Å². The van der Waals surface area contributed by atoms with E-state index in [0.717, 1.165) is 56.9 Å². The van der Waals surface area contributed by atoms with Crippen LogP contribution in [0.1, 0.15) is 24.8 Å². The molecule has 3 atom stereocenters. The van der Waals surface area contributed by atoms with Crippen LogP contribution in [0.5, 0.6) is 5.75 Å². The van der Waals surface area contributed by atoms with E-state index in [9.17, 15) is 9.90 Å². The Hall–Kier alpha value is -2.61. The van der Waals surface area contributed by atoms with Crippen LogP contribution < -0.4 is 15.0 Å². The molecule has 0 saturated carbocycles. The molecule has 0 aliphatic carbocycles. The lowest BCUT2D eigenvalue weighted by molar-refractivity contribution is -0.158. The Morgan fingerprint density at radius 1 is 1.06 bits per heavy atom. The number of hydrogen-bond acceptors (Lipinski definition) is 6. The fourth-order valence-corrected chi connectivity index (χ4v) is 4.55. The first-order valence-corrected chi connectivity index (χ1v) is 11.9. The smallest absolute Gasteiger partial charge is 0.252 e. The van der Waals surface area contributed by atoms with Gasteiger partial charge in [-0.2, -0.15) is 0 Å². The van der Waals surface area contributed by atoms with Gasteiger partial charge in [-0.25, -0.2) is 0 Å². The maximum absolute atomic E-state index is 12.7. The third-order valence-electron chi connectivity index (χ3n) is 6.62. The highest BCUT2D eigenvalue weighted by molar-refractivity contribution is 5.81. The number of aliphatic hydroxyl groups is 1. The highest BCUT2D eigenvalue weighted by Crippen LogP contribution is 2.23. The van der Waals surface area contributed by atoms with Gasteiger partial charge in [0.2, 0.25) is 0 Å². The van der Waals surface area contributed by atoms with E-state index in [2.05, 4.69) is 39.4 Å². The Bertz CT molecular complexity index is 869. The average Bonchev–Trinajstić information content (AvgIpc) is 2.88. The van der Waals surface area contributed by atoms with Crippen LogP contribution in [0.15, 0.2) is 54.6 Å². The molecule has 1 amide bonds. The summed E-state index contributed by atoms with van der Waals surface area (Å²) in [5.74, 6) is 0.528. The number of carbonyl (C=O) groups is 1. The zero-order chi connectivity index (χ0) is 23.0. The van der Waals surface area contributed by atoms with Gasteiger partial charge in [-0.1, -0.05) is 30.3 Å². The van der Waals surface area contributed by atoms with Gasteiger partial charge >= 0.3 is 0 Å². The summed E-state index contributed by atoms with van der Waals surface area (Å²) in [6.45, 7) is 5.43. The monoisotopic (exact) mass is 453 g/mol. The van der Waals surface area contributed by atoms with Crippen molar-refractivity contribution in [2.45, 2.75) is 44.1 Å². The van der Waals surface area contributed by atoms with Crippen LogP contribution >= 0.6 is 0 Å². The summed E-state index contributed by atoms with van der Waals surface area (Å²) < 4.78 is 11.2. The van der Waals surface area contributed by atoms with Crippen LogP contribution in [-0.4, -0.2) is 74.1 Å². The SMILES string of the molecule is COc1ccc(CNC(=O)C2OC(CCN3CCN(c4ccccc4)CC3)CCC2O)cc1. The summed E-state index contributed by atoms with van der Waals surface area (Å²) >= 11 is 0. The lowest BCUT2D eigenvalue weighted by Gasteiger charge is -2.38. The molecule has 2 saturated heterocycles. The summed E-state index contributed by atoms with van der Waals surface area (Å²) in [5, 5.41) is 13.3. The van der Waals surface area contributed by atoms with Crippen molar-refractivity contribution in [2.24, 2.45) is 0 Å². The molecule has 178 valence electrons. The number of piperazine rings is 1. The Morgan fingerprint density at radius 3 is 2.48 bits per heavy atom. The van der Waals surface area contributed by atoms with Gasteiger partial charge in [0, 0.05) is 45.0 Å². The fraction of sp³-hybridized carbons (Fsp3) is 0.500. The molecule has 7 nitrogen and oxygen atoms in total. The molecule has 2 aliphatic rings. The number of aliphatic hydroxyl groups excluding tert-OH is 1. The fourth-order valence-electron chi connectivity index (χ4n) is 4.55. The van der Waals surface area contributed by atoms with E-state index in [1.807, 2.05) is 30.3 Å². The first-order valence-electron chi connectivity index (χ1n) is 11.9. The minimum absolute atomic E-state index is 0.00251. The number of amides is 1. The number of ether oxygens (including phenoxy) is 2. The summed E-state index contributed by atoms with van der Waals surface area (Å²) in [5.41, 5.74) is 2.26. The molecule has 4 rings (SSSR count). The molecule has 3 unspecified atom stereocenters. The van der Waals surface area contributed by atoms with Crippen molar-refractivity contribution in [2.75, 3.05) is 44.7 Å². The Labute approximate surface area is 196 Å². The second-order valence-corrected chi connectivity index (χ2v) is 8.84. The standard InChI is InChI=1S/C26H35N3O4/c1-32-22-9-7-20(8-10-22)19-27-26(31)25-24(30)12-11-23(33-25)13-14-28-15-17-29(18-16-28)21-5-3-2-4-6-21/h2-10,23-25,30H,11-19H2,1H3,(H,27,31). The second kappa shape index (κ2) is 11.5. The van der Waals surface area contributed by atoms with Crippen LogP contribution in [0.4, 0.5) is 5.69 Å². The normalized spacial score (nSPS) is 23.8. The lowest BCUT2D eigenvalue weighted by Crippen LogP contribution is -2.50. The van der Waals surface area contributed by atoms with Gasteiger partial charge in [-0.3, -0.25) is 9.69 Å². The van der Waals surface area contributed by atoms with E-state index in [1.165, 1.54) is 5.69 Å². The van der Waals surface area contributed by atoms with Crippen molar-refractivity contribution in [3.05, 3.63) is 60.2 Å². The van der Waals surface area contributed by atoms with Crippen LogP contribution in [0.3, 0.4) is 0 Å². The minimum Gasteiger partial charge on any atom is -0.497 e. The molecular formula is C26H35N3O4. The van der Waals surface area contributed by atoms with Crippen molar-refractivity contribution in [3.63, 3.8) is 0 Å². The minimum atomic E-state index is -0.808. The molecule has 2 fully saturated rings. The van der Waals surface area contributed by atoms with Crippen LogP contribution in [0.25, 0.3) is 0 Å². The van der Waals surface area contributed by atoms with E-state index in [-0.39, 0.29) is 12.0 Å². The molecule has 7 heteroatoms. The number of carbonyl (C=O) groups excluding carboxylic acids is 1. The third-order valence-corrected chi connectivity index (χ3v) is 6.62. The van der Waals surface area contributed by atoms with Crippen molar-refractivity contribution >= 4 is 11.6 Å². The first-order chi connectivity index (χ1) is 16.1. The molecule has 0 aromatic heterocycles. The molecule has 0 radical (unpaired) electrons. The number of hydrogen-bond donors (Lipinski definition) is 2. The molecule has 2 heterocycles. The Kier molecular flexibility index (Phi) is 8.20. The van der Waals surface area contributed by atoms with Crippen molar-refractivity contribution in [3.8, 4) is 5.75 Å². The molecule has 33 heavy (non-hydrogen) atoms. The van der Waals surface area contributed by atoms with Gasteiger partial charge in [0.15, 0.2) is 6.10 Å². The predicted molar refractivity (Wildman–Crippen MR) is 128 cm³/mol. The van der Waals surface area contributed by atoms with Gasteiger partial charge in [-0.15, -0.1) is 0 Å². The second-order valence-electron chi connectivity index (χ2n) is 8.84. The number of para-hydroxylation sites is 1. The van der Waals surface area contributed by atoms with Gasteiger partial charge in [-0.05, 0) is 49.1 Å². The lowest BCUT2D eigenvalue weighted by atomic mass is 9.98. The maximum Gasteiger partial charge on any atom is 0.252 e. The van der Waals surface area contributed by atoms with E-state index in [1.54, 1.807) is 7.11 Å². The van der Waals surface area contributed by atoms with Crippen molar-refractivity contribution < 1.29 is 19.4 Å². The highest BCUT2D eigenvalue weighted by atomic mass is 16.5. The number of anilines is 1. The number of nitrogens with zero attached hydrogens (tertiary/aromatic N) is 2. The van der Waals surface area contributed by atoms with Crippen LogP contribution in [0.2, 0.25) is 0 Å². The predicted octanol–water partition coefficient (Wildman–Crippen LogP) is 2.43. The number of methoxy groups -OCH3 is 1. The van der Waals surface area contributed by atoms with E-state index in [4.69, 9.17) is 9.47 Å². The van der Waals surface area contributed by atoms with Gasteiger partial charge in [0.05, 0.1) is 19.3 Å². The molecule has 2 aromatic carbocycles. The summed E-state index contributed by atoms with van der Waals surface area (Å²) in [6.07, 6.45) is 0.682. The Morgan fingerprint density at radius 2 is 1.79 bits per heavy atom. The summed E-state index contributed by atoms with van der Waals surface area (Å²) in [6, 6.07) is 18.1. The van der Waals surface area contributed by atoms with Crippen molar-refractivity contribution in [1.82, 2.24) is 10.2 Å². The van der Waals surface area contributed by atoms with Crippen molar-refractivity contribution in [1.29, 1.82) is 0 Å². The van der Waals surface area contributed by atoms with E-state index < -0.39 is 12.2 Å². The largest absolute Gasteiger partial charge is 0.497 e. The number of rotatable bonds is 8. The molecule has 2 N–H and O–H groups in total. The molecule has 2 aliphatic heterocycles. The Balaban J connectivity index is 1.20. The third kappa shape index (κ3) is 6.47. The summed E-state index contributed by atoms with van der Waals surface area (Å²) in [4.78, 5) is 17.6. The maximum atomic E-state index is 12.7. The van der Waals surface area contributed by atoms with Gasteiger partial charge < -0.3 is 24.8 Å². The number of benzene rings is 2. The molecule has 0 bridgehead atoms. The number of nitrogens with one attached hydrogen (secondary N) is 1. The molecular weight excluding hydrogens is 418 g/mol.